The molecule has 0 aliphatic carbocycles. The first-order valence-corrected chi connectivity index (χ1v) is 3.69. The summed E-state index contributed by atoms with van der Waals surface area (Å²) in [6, 6.07) is 1.97. The van der Waals surface area contributed by atoms with Crippen molar-refractivity contribution in [2.24, 2.45) is 0 Å². The first-order valence-electron chi connectivity index (χ1n) is 3.69. The van der Waals surface area contributed by atoms with E-state index in [9.17, 15) is 14.7 Å². The molecule has 0 saturated carbocycles. The van der Waals surface area contributed by atoms with E-state index in [1.54, 1.807) is 0 Å². The molecule has 0 heterocycles. The van der Waals surface area contributed by atoms with Crippen LogP contribution in [0.25, 0.3) is 0 Å². The quantitative estimate of drug-likeness (QED) is 0.537. The Kier molecular flexibility index (Phi) is 2.71. The largest absolute Gasteiger partial charge is 0.507 e. The molecule has 0 aliphatic heterocycles. The average Bonchev–Trinajstić information content (AvgIpc) is 2.17. The van der Waals surface area contributed by atoms with E-state index in [0.717, 1.165) is 19.2 Å². The van der Waals surface area contributed by atoms with Crippen LogP contribution in [0, 0.1) is 0 Å². The summed E-state index contributed by atoms with van der Waals surface area (Å²) in [6.07, 6.45) is 0.376. The smallest absolute Gasteiger partial charge is 0.341 e. The zero-order chi connectivity index (χ0) is 10.7. The van der Waals surface area contributed by atoms with Gasteiger partial charge in [0.15, 0.2) is 6.29 Å². The van der Waals surface area contributed by atoms with Gasteiger partial charge >= 0.3 is 5.97 Å². The number of hydrogen-bond donors (Lipinski definition) is 2. The number of phenolic OH excluding ortho intramolecular Hbond substituents is 2. The molecule has 0 amide bonds. The molecule has 0 aromatic heterocycles. The van der Waals surface area contributed by atoms with Crippen molar-refractivity contribution < 1.29 is 24.5 Å². The predicted molar refractivity (Wildman–Crippen MR) is 46.5 cm³/mol. The molecule has 1 aromatic carbocycles. The molecule has 1 aromatic rings. The van der Waals surface area contributed by atoms with E-state index in [0.29, 0.717) is 6.29 Å². The van der Waals surface area contributed by atoms with Gasteiger partial charge in [0.25, 0.3) is 0 Å². The number of hydrogen-bond acceptors (Lipinski definition) is 5. The van der Waals surface area contributed by atoms with Crippen LogP contribution < -0.4 is 0 Å². The van der Waals surface area contributed by atoms with Crippen LogP contribution in [-0.2, 0) is 4.74 Å². The van der Waals surface area contributed by atoms with Crippen molar-refractivity contribution in [2.75, 3.05) is 7.11 Å². The molecule has 0 saturated heterocycles. The molecule has 5 nitrogen and oxygen atoms in total. The number of carbonyl (C=O) groups is 2. The third-order valence-corrected chi connectivity index (χ3v) is 1.68. The van der Waals surface area contributed by atoms with Crippen LogP contribution in [0.2, 0.25) is 0 Å². The molecule has 0 aliphatic rings. The number of ether oxygens (including phenoxy) is 1. The van der Waals surface area contributed by atoms with Gasteiger partial charge in [0.2, 0.25) is 0 Å². The molecular weight excluding hydrogens is 188 g/mol. The van der Waals surface area contributed by atoms with Gasteiger partial charge in [0, 0.05) is 6.07 Å². The maximum Gasteiger partial charge on any atom is 0.341 e. The van der Waals surface area contributed by atoms with Crippen molar-refractivity contribution in [2.45, 2.75) is 0 Å². The van der Waals surface area contributed by atoms with Crippen LogP contribution in [0.3, 0.4) is 0 Å². The van der Waals surface area contributed by atoms with Crippen molar-refractivity contribution in [3.05, 3.63) is 23.3 Å². The van der Waals surface area contributed by atoms with E-state index in [1.165, 1.54) is 0 Å². The minimum absolute atomic E-state index is 0.0804. The topological polar surface area (TPSA) is 83.8 Å². The average molecular weight is 196 g/mol. The van der Waals surface area contributed by atoms with E-state index in [4.69, 9.17) is 5.11 Å². The fraction of sp³-hybridized carbons (Fsp3) is 0.111. The Morgan fingerprint density at radius 3 is 2.50 bits per heavy atom. The summed E-state index contributed by atoms with van der Waals surface area (Å²) in [4.78, 5) is 21.4. The Labute approximate surface area is 79.6 Å². The number of benzene rings is 1. The van der Waals surface area contributed by atoms with Crippen LogP contribution in [0.4, 0.5) is 0 Å². The first kappa shape index (κ1) is 10.0. The molecule has 0 bridgehead atoms. The minimum atomic E-state index is -0.773. The Bertz CT molecular complexity index is 383. The standard InChI is InChI=1S/C9H8O5/c1-14-9(13)6-2-5(4-10)7(11)3-8(6)12/h2-4,11-12H,1H3. The SMILES string of the molecule is COC(=O)c1cc(C=O)c(O)cc1O. The van der Waals surface area contributed by atoms with Crippen LogP contribution in [0.15, 0.2) is 12.1 Å². The summed E-state index contributed by atoms with van der Waals surface area (Å²) < 4.78 is 4.36. The third kappa shape index (κ3) is 1.66. The molecule has 5 heteroatoms. The highest BCUT2D eigenvalue weighted by Crippen LogP contribution is 2.26. The van der Waals surface area contributed by atoms with Gasteiger partial charge in [-0.2, -0.15) is 0 Å². The second-order valence-corrected chi connectivity index (χ2v) is 2.54. The zero-order valence-corrected chi connectivity index (χ0v) is 7.35. The third-order valence-electron chi connectivity index (χ3n) is 1.68. The van der Waals surface area contributed by atoms with Gasteiger partial charge in [-0.05, 0) is 6.07 Å². The molecule has 0 spiro atoms. The summed E-state index contributed by atoms with van der Waals surface area (Å²) >= 11 is 0. The van der Waals surface area contributed by atoms with E-state index in [1.807, 2.05) is 0 Å². The Morgan fingerprint density at radius 1 is 1.36 bits per heavy atom. The van der Waals surface area contributed by atoms with E-state index >= 15 is 0 Å². The highest BCUT2D eigenvalue weighted by atomic mass is 16.5. The van der Waals surface area contributed by atoms with Gasteiger partial charge in [-0.25, -0.2) is 4.79 Å². The molecule has 0 atom stereocenters. The maximum atomic E-state index is 11.0. The molecule has 74 valence electrons. The highest BCUT2D eigenvalue weighted by Gasteiger charge is 2.14. The van der Waals surface area contributed by atoms with Crippen LogP contribution in [-0.4, -0.2) is 29.6 Å². The lowest BCUT2D eigenvalue weighted by atomic mass is 10.1. The maximum absolute atomic E-state index is 11.0. The Balaban J connectivity index is 3.30. The number of methoxy groups -OCH3 is 1. The molecule has 2 N–H and O–H groups in total. The molecule has 14 heavy (non-hydrogen) atoms. The van der Waals surface area contributed by atoms with Gasteiger partial charge in [-0.15, -0.1) is 0 Å². The second-order valence-electron chi connectivity index (χ2n) is 2.54. The second kappa shape index (κ2) is 3.78. The molecule has 0 fully saturated rings. The Morgan fingerprint density at radius 2 is 2.00 bits per heavy atom. The molecule has 0 unspecified atom stereocenters. The fourth-order valence-corrected chi connectivity index (χ4v) is 0.962. The Hall–Kier alpha value is -2.04. The van der Waals surface area contributed by atoms with E-state index < -0.39 is 11.7 Å². The predicted octanol–water partition coefficient (Wildman–Crippen LogP) is 0.697. The van der Waals surface area contributed by atoms with Crippen molar-refractivity contribution >= 4 is 12.3 Å². The normalized spacial score (nSPS) is 9.50. The lowest BCUT2D eigenvalue weighted by molar-refractivity contribution is 0.0597. The summed E-state index contributed by atoms with van der Waals surface area (Å²) in [5.41, 5.74) is -0.240. The number of aromatic hydroxyl groups is 2. The molecule has 1 rings (SSSR count). The number of rotatable bonds is 2. The molecular formula is C9H8O5. The monoisotopic (exact) mass is 196 g/mol. The van der Waals surface area contributed by atoms with E-state index in [-0.39, 0.29) is 16.9 Å². The number of esters is 1. The summed E-state index contributed by atoms with van der Waals surface area (Å²) in [5.74, 6) is -1.59. The van der Waals surface area contributed by atoms with Gasteiger partial charge in [0.1, 0.15) is 17.1 Å². The summed E-state index contributed by atoms with van der Waals surface area (Å²) in [5, 5.41) is 18.4. The minimum Gasteiger partial charge on any atom is -0.507 e. The van der Waals surface area contributed by atoms with Gasteiger partial charge in [-0.1, -0.05) is 0 Å². The van der Waals surface area contributed by atoms with Crippen molar-refractivity contribution in [3.8, 4) is 11.5 Å². The van der Waals surface area contributed by atoms with Gasteiger partial charge in [0.05, 0.1) is 12.7 Å². The lowest BCUT2D eigenvalue weighted by Crippen LogP contribution is -2.02. The summed E-state index contributed by atoms with van der Waals surface area (Å²) in [6.45, 7) is 0. The highest BCUT2D eigenvalue weighted by molar-refractivity contribution is 5.95. The van der Waals surface area contributed by atoms with Crippen molar-refractivity contribution in [3.63, 3.8) is 0 Å². The lowest BCUT2D eigenvalue weighted by Gasteiger charge is -2.04. The van der Waals surface area contributed by atoms with Crippen LogP contribution >= 0.6 is 0 Å². The fourth-order valence-electron chi connectivity index (χ4n) is 0.962. The van der Waals surface area contributed by atoms with Crippen molar-refractivity contribution in [1.82, 2.24) is 0 Å². The number of carbonyl (C=O) groups excluding carboxylic acids is 2. The summed E-state index contributed by atoms with van der Waals surface area (Å²) in [7, 11) is 1.15. The van der Waals surface area contributed by atoms with E-state index in [2.05, 4.69) is 4.74 Å². The van der Waals surface area contributed by atoms with Crippen LogP contribution in [0.5, 0.6) is 11.5 Å². The van der Waals surface area contributed by atoms with Crippen LogP contribution in [0.1, 0.15) is 20.7 Å². The molecule has 0 radical (unpaired) electrons. The van der Waals surface area contributed by atoms with Crippen molar-refractivity contribution in [1.29, 1.82) is 0 Å². The van der Waals surface area contributed by atoms with Gasteiger partial charge in [-0.3, -0.25) is 4.79 Å². The van der Waals surface area contributed by atoms with Gasteiger partial charge < -0.3 is 14.9 Å². The number of aldehydes is 1. The zero-order valence-electron chi connectivity index (χ0n) is 7.35. The number of phenols is 2. The first-order chi connectivity index (χ1) is 6.60.